The number of rotatable bonds is 7. The Morgan fingerprint density at radius 1 is 1.21 bits per heavy atom. The Morgan fingerprint density at radius 2 is 1.79 bits per heavy atom. The molecule has 0 saturated heterocycles. The summed E-state index contributed by atoms with van der Waals surface area (Å²) in [6, 6.07) is 8.31. The van der Waals surface area contributed by atoms with Crippen molar-refractivity contribution in [1.29, 1.82) is 0 Å². The quantitative estimate of drug-likeness (QED) is 0.820. The van der Waals surface area contributed by atoms with Gasteiger partial charge in [-0.2, -0.15) is 0 Å². The average molecular weight is 262 g/mol. The number of primary amides is 1. The third kappa shape index (κ3) is 5.43. The molecular weight excluding hydrogens is 236 g/mol. The minimum Gasteiger partial charge on any atom is -0.369 e. The molecule has 0 aromatic heterocycles. The molecule has 0 bridgehead atoms. The monoisotopic (exact) mass is 262 g/mol. The Hall–Kier alpha value is -1.35. The highest BCUT2D eigenvalue weighted by atomic mass is 16.1. The summed E-state index contributed by atoms with van der Waals surface area (Å²) in [5, 5.41) is 0. The number of nitrogens with zero attached hydrogens (tertiary/aromatic N) is 1. The van der Waals surface area contributed by atoms with E-state index in [4.69, 9.17) is 5.73 Å². The Labute approximate surface area is 116 Å². The van der Waals surface area contributed by atoms with Crippen molar-refractivity contribution in [3.63, 3.8) is 0 Å². The van der Waals surface area contributed by atoms with Crippen LogP contribution < -0.4 is 5.73 Å². The molecule has 1 unspecified atom stereocenters. The topological polar surface area (TPSA) is 46.3 Å². The lowest BCUT2D eigenvalue weighted by Crippen LogP contribution is -2.18. The Morgan fingerprint density at radius 3 is 2.21 bits per heavy atom. The second-order valence-electron chi connectivity index (χ2n) is 5.83. The molecule has 0 aliphatic rings. The standard InChI is InChI=1S/C16H26N2O/c1-12(2)15(9-10-18(3)4)14-7-5-13(6-8-14)11-16(17)19/h5-8,12,15H,9-11H2,1-4H3,(H2,17,19). The number of carbonyl (C=O) groups excluding carboxylic acids is 1. The van der Waals surface area contributed by atoms with Crippen LogP contribution in [0.15, 0.2) is 24.3 Å². The number of hydrogen-bond donors (Lipinski definition) is 1. The third-order valence-corrected chi connectivity index (χ3v) is 3.48. The lowest BCUT2D eigenvalue weighted by atomic mass is 9.85. The van der Waals surface area contributed by atoms with Gasteiger partial charge in [0.2, 0.25) is 5.91 Å². The number of amides is 1. The van der Waals surface area contributed by atoms with Crippen molar-refractivity contribution in [2.75, 3.05) is 20.6 Å². The first kappa shape index (κ1) is 15.7. The molecule has 3 nitrogen and oxygen atoms in total. The van der Waals surface area contributed by atoms with Gasteiger partial charge in [0.15, 0.2) is 0 Å². The number of benzene rings is 1. The molecule has 19 heavy (non-hydrogen) atoms. The summed E-state index contributed by atoms with van der Waals surface area (Å²) >= 11 is 0. The average Bonchev–Trinajstić information content (AvgIpc) is 2.29. The van der Waals surface area contributed by atoms with Crippen LogP contribution in [0, 0.1) is 5.92 Å². The first-order valence-electron chi connectivity index (χ1n) is 6.92. The smallest absolute Gasteiger partial charge is 0.221 e. The molecule has 0 aliphatic carbocycles. The van der Waals surface area contributed by atoms with Gasteiger partial charge in [-0.25, -0.2) is 0 Å². The van der Waals surface area contributed by atoms with E-state index in [2.05, 4.69) is 45.0 Å². The minimum absolute atomic E-state index is 0.277. The zero-order valence-corrected chi connectivity index (χ0v) is 12.5. The highest BCUT2D eigenvalue weighted by molar-refractivity contribution is 5.76. The van der Waals surface area contributed by atoms with E-state index >= 15 is 0 Å². The van der Waals surface area contributed by atoms with E-state index in [0.717, 1.165) is 18.5 Å². The maximum atomic E-state index is 10.9. The molecule has 0 radical (unpaired) electrons. The van der Waals surface area contributed by atoms with E-state index < -0.39 is 0 Å². The fourth-order valence-corrected chi connectivity index (χ4v) is 2.37. The van der Waals surface area contributed by atoms with Crippen LogP contribution >= 0.6 is 0 Å². The Kier molecular flexibility index (Phi) is 6.03. The van der Waals surface area contributed by atoms with Crippen LogP contribution in [0.5, 0.6) is 0 Å². The zero-order valence-electron chi connectivity index (χ0n) is 12.5. The van der Waals surface area contributed by atoms with Crippen molar-refractivity contribution < 1.29 is 4.79 Å². The molecule has 2 N–H and O–H groups in total. The molecule has 1 aromatic carbocycles. The summed E-state index contributed by atoms with van der Waals surface area (Å²) in [6.07, 6.45) is 1.48. The SMILES string of the molecule is CC(C)C(CCN(C)C)c1ccc(CC(N)=O)cc1. The molecule has 1 aromatic rings. The number of hydrogen-bond acceptors (Lipinski definition) is 2. The first-order chi connectivity index (χ1) is 8.90. The fourth-order valence-electron chi connectivity index (χ4n) is 2.37. The molecule has 1 atom stereocenters. The maximum absolute atomic E-state index is 10.9. The van der Waals surface area contributed by atoms with Crippen LogP contribution in [-0.4, -0.2) is 31.4 Å². The van der Waals surface area contributed by atoms with Gasteiger partial charge in [0, 0.05) is 0 Å². The van der Waals surface area contributed by atoms with Crippen molar-refractivity contribution in [2.45, 2.75) is 32.6 Å². The summed E-state index contributed by atoms with van der Waals surface area (Å²) in [6.45, 7) is 5.61. The van der Waals surface area contributed by atoms with Crippen molar-refractivity contribution in [2.24, 2.45) is 11.7 Å². The molecule has 3 heteroatoms. The Bertz CT molecular complexity index is 396. The van der Waals surface area contributed by atoms with Crippen LogP contribution in [0.1, 0.15) is 37.3 Å². The third-order valence-electron chi connectivity index (χ3n) is 3.48. The molecule has 0 heterocycles. The van der Waals surface area contributed by atoms with Crippen molar-refractivity contribution in [3.8, 4) is 0 Å². The van der Waals surface area contributed by atoms with Gasteiger partial charge in [0.25, 0.3) is 0 Å². The van der Waals surface area contributed by atoms with E-state index in [1.807, 2.05) is 12.1 Å². The largest absolute Gasteiger partial charge is 0.369 e. The van der Waals surface area contributed by atoms with E-state index in [0.29, 0.717) is 18.3 Å². The molecule has 0 aliphatic heterocycles. The first-order valence-corrected chi connectivity index (χ1v) is 6.92. The molecule has 0 fully saturated rings. The Balaban J connectivity index is 2.76. The van der Waals surface area contributed by atoms with Crippen LogP contribution in [0.2, 0.25) is 0 Å². The highest BCUT2D eigenvalue weighted by Gasteiger charge is 2.16. The summed E-state index contributed by atoms with van der Waals surface area (Å²) in [7, 11) is 4.21. The molecule has 1 amide bonds. The van der Waals surface area contributed by atoms with Crippen molar-refractivity contribution in [1.82, 2.24) is 4.90 Å². The number of carbonyl (C=O) groups is 1. The highest BCUT2D eigenvalue weighted by Crippen LogP contribution is 2.28. The van der Waals surface area contributed by atoms with Gasteiger partial charge in [-0.3, -0.25) is 4.79 Å². The predicted octanol–water partition coefficient (Wildman–Crippen LogP) is 2.41. The molecule has 0 saturated carbocycles. The predicted molar refractivity (Wildman–Crippen MR) is 80.1 cm³/mol. The van der Waals surface area contributed by atoms with Gasteiger partial charge in [-0.1, -0.05) is 38.1 Å². The number of nitrogens with two attached hydrogens (primary N) is 1. The van der Waals surface area contributed by atoms with Gasteiger partial charge in [0.1, 0.15) is 0 Å². The van der Waals surface area contributed by atoms with E-state index in [1.54, 1.807) is 0 Å². The lowest BCUT2D eigenvalue weighted by Gasteiger charge is -2.23. The fraction of sp³-hybridized carbons (Fsp3) is 0.562. The van der Waals surface area contributed by atoms with Crippen molar-refractivity contribution >= 4 is 5.91 Å². The summed E-state index contributed by atoms with van der Waals surface area (Å²) < 4.78 is 0. The van der Waals surface area contributed by atoms with Gasteiger partial charge in [-0.15, -0.1) is 0 Å². The molecule has 1 rings (SSSR count). The van der Waals surface area contributed by atoms with Crippen LogP contribution in [0.25, 0.3) is 0 Å². The summed E-state index contributed by atoms with van der Waals surface area (Å²) in [5.41, 5.74) is 7.55. The second kappa shape index (κ2) is 7.29. The van der Waals surface area contributed by atoms with Gasteiger partial charge < -0.3 is 10.6 Å². The summed E-state index contributed by atoms with van der Waals surface area (Å²) in [4.78, 5) is 13.1. The van der Waals surface area contributed by atoms with E-state index in [-0.39, 0.29) is 5.91 Å². The lowest BCUT2D eigenvalue weighted by molar-refractivity contribution is -0.117. The molecule has 106 valence electrons. The zero-order chi connectivity index (χ0) is 14.4. The van der Waals surface area contributed by atoms with Crippen LogP contribution in [0.4, 0.5) is 0 Å². The van der Waals surface area contributed by atoms with E-state index in [1.165, 1.54) is 5.56 Å². The van der Waals surface area contributed by atoms with Gasteiger partial charge in [0.05, 0.1) is 6.42 Å². The summed E-state index contributed by atoms with van der Waals surface area (Å²) in [5.74, 6) is 0.896. The van der Waals surface area contributed by atoms with Crippen molar-refractivity contribution in [3.05, 3.63) is 35.4 Å². The van der Waals surface area contributed by atoms with Crippen LogP contribution in [0.3, 0.4) is 0 Å². The molecular formula is C16H26N2O. The minimum atomic E-state index is -0.277. The second-order valence-corrected chi connectivity index (χ2v) is 5.83. The normalized spacial score (nSPS) is 12.9. The van der Waals surface area contributed by atoms with E-state index in [9.17, 15) is 4.79 Å². The maximum Gasteiger partial charge on any atom is 0.221 e. The van der Waals surface area contributed by atoms with Gasteiger partial charge >= 0.3 is 0 Å². The van der Waals surface area contributed by atoms with Gasteiger partial charge in [-0.05, 0) is 50.0 Å². The molecule has 0 spiro atoms. The van der Waals surface area contributed by atoms with Crippen LogP contribution in [-0.2, 0) is 11.2 Å².